The topological polar surface area (TPSA) is 40.5 Å². The molecule has 1 saturated heterocycles. The summed E-state index contributed by atoms with van der Waals surface area (Å²) in [5, 5.41) is 11.0. The number of carbonyl (C=O) groups is 1. The predicted molar refractivity (Wildman–Crippen MR) is 89.8 cm³/mol. The maximum absolute atomic E-state index is 11.1. The molecule has 4 atom stereocenters. The molecular formula is C17H31NO2S. The van der Waals surface area contributed by atoms with Gasteiger partial charge in [-0.15, -0.1) is 0 Å². The smallest absolute Gasteiger partial charge is 0.129 e. The molecule has 4 unspecified atom stereocenters. The number of Topliss-reactive ketones (excluding diaryl/α,β-unsaturated/α-hetero) is 1. The number of nitrogens with zero attached hydrogens (tertiary/aromatic N) is 1. The molecule has 2 rings (SSSR count). The molecular weight excluding hydrogens is 282 g/mol. The first-order valence-corrected chi connectivity index (χ1v) is 9.57. The quantitative estimate of drug-likeness (QED) is 0.747. The summed E-state index contributed by atoms with van der Waals surface area (Å²) in [5.74, 6) is 1.16. The van der Waals surface area contributed by atoms with E-state index in [1.165, 1.54) is 32.1 Å². The van der Waals surface area contributed by atoms with Crippen molar-refractivity contribution in [1.29, 1.82) is 0 Å². The minimum atomic E-state index is 0.218. The van der Waals surface area contributed by atoms with Crippen LogP contribution in [0.15, 0.2) is 0 Å². The Morgan fingerprint density at radius 1 is 1.29 bits per heavy atom. The summed E-state index contributed by atoms with van der Waals surface area (Å²) >= 11 is 2.18. The van der Waals surface area contributed by atoms with Crippen LogP contribution in [0.2, 0.25) is 0 Å². The van der Waals surface area contributed by atoms with Crippen LogP contribution in [-0.4, -0.2) is 52.0 Å². The third kappa shape index (κ3) is 4.70. The molecule has 0 bridgehead atoms. The number of rotatable bonds is 8. The monoisotopic (exact) mass is 313 g/mol. The van der Waals surface area contributed by atoms with E-state index in [0.29, 0.717) is 12.5 Å². The molecule has 0 spiro atoms. The maximum Gasteiger partial charge on any atom is 0.129 e. The fourth-order valence-corrected chi connectivity index (χ4v) is 5.79. The second kappa shape index (κ2) is 8.54. The number of ketones is 1. The molecule has 0 amide bonds. The Labute approximate surface area is 133 Å². The third-order valence-electron chi connectivity index (χ3n) is 5.17. The Morgan fingerprint density at radius 3 is 2.76 bits per heavy atom. The fraction of sp³-hybridized carbons (Fsp3) is 0.941. The second-order valence-electron chi connectivity index (χ2n) is 6.75. The van der Waals surface area contributed by atoms with E-state index in [9.17, 15) is 9.90 Å². The van der Waals surface area contributed by atoms with E-state index in [-0.39, 0.29) is 12.4 Å². The van der Waals surface area contributed by atoms with Gasteiger partial charge in [-0.3, -0.25) is 4.90 Å². The van der Waals surface area contributed by atoms with Gasteiger partial charge in [-0.1, -0.05) is 19.3 Å². The van der Waals surface area contributed by atoms with Crippen LogP contribution in [-0.2, 0) is 4.79 Å². The normalized spacial score (nSPS) is 30.4. The maximum atomic E-state index is 11.1. The number of aliphatic hydroxyl groups is 1. The van der Waals surface area contributed by atoms with E-state index in [0.717, 1.165) is 35.9 Å². The van der Waals surface area contributed by atoms with Crippen LogP contribution in [0.1, 0.15) is 58.8 Å². The van der Waals surface area contributed by atoms with Gasteiger partial charge in [0.1, 0.15) is 5.78 Å². The molecule has 1 aliphatic heterocycles. The first-order valence-electron chi connectivity index (χ1n) is 8.63. The molecule has 2 aliphatic rings. The number of fused-ring (bicyclic) bond motifs is 1. The molecule has 0 radical (unpaired) electrons. The molecule has 1 N–H and O–H groups in total. The summed E-state index contributed by atoms with van der Waals surface area (Å²) in [6.07, 6.45) is 8.61. The fourth-order valence-electron chi connectivity index (χ4n) is 3.92. The summed E-state index contributed by atoms with van der Waals surface area (Å²) in [4.78, 5) is 13.5. The van der Waals surface area contributed by atoms with Crippen LogP contribution >= 0.6 is 11.8 Å². The van der Waals surface area contributed by atoms with Gasteiger partial charge in [-0.25, -0.2) is 0 Å². The lowest BCUT2D eigenvalue weighted by atomic mass is 9.89. The third-order valence-corrected chi connectivity index (χ3v) is 7.16. The lowest BCUT2D eigenvalue weighted by Gasteiger charge is -2.49. The average molecular weight is 314 g/mol. The van der Waals surface area contributed by atoms with E-state index in [4.69, 9.17) is 0 Å². The van der Waals surface area contributed by atoms with Crippen LogP contribution < -0.4 is 0 Å². The second-order valence-corrected chi connectivity index (χ2v) is 8.17. The first-order chi connectivity index (χ1) is 10.1. The van der Waals surface area contributed by atoms with Gasteiger partial charge in [0, 0.05) is 29.5 Å². The molecule has 0 aromatic rings. The minimum absolute atomic E-state index is 0.218. The average Bonchev–Trinajstić information content (AvgIpc) is 2.60. The van der Waals surface area contributed by atoms with Crippen molar-refractivity contribution < 1.29 is 9.90 Å². The van der Waals surface area contributed by atoms with Crippen molar-refractivity contribution in [2.24, 2.45) is 5.92 Å². The van der Waals surface area contributed by atoms with Crippen LogP contribution in [0.25, 0.3) is 0 Å². The first kappa shape index (κ1) is 17.3. The zero-order chi connectivity index (χ0) is 15.2. The van der Waals surface area contributed by atoms with E-state index in [1.807, 2.05) is 0 Å². The van der Waals surface area contributed by atoms with Gasteiger partial charge in [0.15, 0.2) is 0 Å². The Balaban J connectivity index is 1.85. The summed E-state index contributed by atoms with van der Waals surface area (Å²) in [6, 6.07) is 0.522. The lowest BCUT2D eigenvalue weighted by Crippen LogP contribution is -2.53. The molecule has 21 heavy (non-hydrogen) atoms. The zero-order valence-corrected chi connectivity index (χ0v) is 14.4. The largest absolute Gasteiger partial charge is 0.395 e. The van der Waals surface area contributed by atoms with Crippen molar-refractivity contribution >= 4 is 17.5 Å². The standard InChI is InChI=1S/C17H31NO2S/c1-13(20)7-6-10-18(11-12-19)14(2)17-15-8-4-3-5-9-16(15)21-17/h14-17,19H,3-12H2,1-2H3. The van der Waals surface area contributed by atoms with Crippen molar-refractivity contribution in [2.45, 2.75) is 75.3 Å². The lowest BCUT2D eigenvalue weighted by molar-refractivity contribution is -0.117. The predicted octanol–water partition coefficient (Wildman–Crippen LogP) is 3.10. The molecule has 2 fully saturated rings. The van der Waals surface area contributed by atoms with Gasteiger partial charge in [-0.2, -0.15) is 11.8 Å². The van der Waals surface area contributed by atoms with Crippen LogP contribution in [0.4, 0.5) is 0 Å². The number of hydrogen-bond donors (Lipinski definition) is 1. The van der Waals surface area contributed by atoms with Gasteiger partial charge in [0.05, 0.1) is 6.61 Å². The summed E-state index contributed by atoms with van der Waals surface area (Å²) in [5.41, 5.74) is 0. The highest BCUT2D eigenvalue weighted by Crippen LogP contribution is 2.51. The van der Waals surface area contributed by atoms with Gasteiger partial charge >= 0.3 is 0 Å². The molecule has 3 nitrogen and oxygen atoms in total. The highest BCUT2D eigenvalue weighted by molar-refractivity contribution is 8.02. The number of carbonyl (C=O) groups excluding carboxylic acids is 1. The van der Waals surface area contributed by atoms with Crippen LogP contribution in [0.3, 0.4) is 0 Å². The molecule has 1 saturated carbocycles. The SMILES string of the molecule is CC(=O)CCCN(CCO)C(C)C1SC2CCCCCC21. The van der Waals surface area contributed by atoms with Crippen molar-refractivity contribution in [2.75, 3.05) is 19.7 Å². The van der Waals surface area contributed by atoms with Crippen LogP contribution in [0.5, 0.6) is 0 Å². The molecule has 0 aromatic heterocycles. The van der Waals surface area contributed by atoms with E-state index in [1.54, 1.807) is 6.92 Å². The summed E-state index contributed by atoms with van der Waals surface area (Å²) < 4.78 is 0. The van der Waals surface area contributed by atoms with Gasteiger partial charge in [0.2, 0.25) is 0 Å². The van der Waals surface area contributed by atoms with Crippen molar-refractivity contribution in [3.05, 3.63) is 0 Å². The zero-order valence-electron chi connectivity index (χ0n) is 13.6. The van der Waals surface area contributed by atoms with Crippen molar-refractivity contribution in [3.63, 3.8) is 0 Å². The van der Waals surface area contributed by atoms with Gasteiger partial charge in [0.25, 0.3) is 0 Å². The molecule has 1 heterocycles. The number of aliphatic hydroxyl groups excluding tert-OH is 1. The number of thioether (sulfide) groups is 1. The molecule has 1 aliphatic carbocycles. The Bertz CT molecular complexity index is 337. The van der Waals surface area contributed by atoms with Gasteiger partial charge < -0.3 is 9.90 Å². The van der Waals surface area contributed by atoms with Crippen molar-refractivity contribution in [3.8, 4) is 0 Å². The van der Waals surface area contributed by atoms with E-state index < -0.39 is 0 Å². The Hall–Kier alpha value is -0.0600. The molecule has 4 heteroatoms. The minimum Gasteiger partial charge on any atom is -0.395 e. The Morgan fingerprint density at radius 2 is 2.05 bits per heavy atom. The highest BCUT2D eigenvalue weighted by atomic mass is 32.2. The summed E-state index contributed by atoms with van der Waals surface area (Å²) in [7, 11) is 0. The number of hydrogen-bond acceptors (Lipinski definition) is 4. The molecule has 0 aromatic carbocycles. The van der Waals surface area contributed by atoms with E-state index in [2.05, 4.69) is 23.6 Å². The highest BCUT2D eigenvalue weighted by Gasteiger charge is 2.45. The van der Waals surface area contributed by atoms with E-state index >= 15 is 0 Å². The molecule has 122 valence electrons. The van der Waals surface area contributed by atoms with Crippen molar-refractivity contribution in [1.82, 2.24) is 4.90 Å². The van der Waals surface area contributed by atoms with Gasteiger partial charge in [-0.05, 0) is 45.6 Å². The van der Waals surface area contributed by atoms with Crippen LogP contribution in [0, 0.1) is 5.92 Å². The summed E-state index contributed by atoms with van der Waals surface area (Å²) in [6.45, 7) is 5.89. The Kier molecular flexibility index (Phi) is 7.03.